The van der Waals surface area contributed by atoms with Crippen LogP contribution >= 0.6 is 0 Å². The van der Waals surface area contributed by atoms with Crippen LogP contribution in [0.5, 0.6) is 5.75 Å². The van der Waals surface area contributed by atoms with Crippen LogP contribution in [0, 0.1) is 6.92 Å². The summed E-state index contributed by atoms with van der Waals surface area (Å²) in [6.45, 7) is 3.54. The predicted octanol–water partition coefficient (Wildman–Crippen LogP) is 2.62. The van der Waals surface area contributed by atoms with Gasteiger partial charge in [0.15, 0.2) is 0 Å². The van der Waals surface area contributed by atoms with E-state index < -0.39 is 5.91 Å². The lowest BCUT2D eigenvalue weighted by Crippen LogP contribution is -2.32. The van der Waals surface area contributed by atoms with Crippen molar-refractivity contribution >= 4 is 34.1 Å². The summed E-state index contributed by atoms with van der Waals surface area (Å²) >= 11 is 0. The van der Waals surface area contributed by atoms with Crippen LogP contribution in [0.15, 0.2) is 30.5 Å². The molecular formula is C24H25N5O4. The molecule has 4 N–H and O–H groups in total. The number of fused-ring (bicyclic) bond motifs is 2. The highest BCUT2D eigenvalue weighted by Crippen LogP contribution is 2.36. The molecule has 0 unspecified atom stereocenters. The second kappa shape index (κ2) is 8.67. The van der Waals surface area contributed by atoms with Gasteiger partial charge in [-0.25, -0.2) is 4.98 Å². The first kappa shape index (κ1) is 21.1. The van der Waals surface area contributed by atoms with E-state index in [1.54, 1.807) is 13.0 Å². The fourth-order valence-corrected chi connectivity index (χ4v) is 4.37. The number of hydrogen-bond acceptors (Lipinski definition) is 7. The van der Waals surface area contributed by atoms with E-state index in [1.807, 2.05) is 18.2 Å². The highest BCUT2D eigenvalue weighted by atomic mass is 16.5. The molecule has 1 aromatic carbocycles. The predicted molar refractivity (Wildman–Crippen MR) is 123 cm³/mol. The van der Waals surface area contributed by atoms with Gasteiger partial charge in [-0.05, 0) is 38.0 Å². The molecular weight excluding hydrogens is 422 g/mol. The zero-order valence-electron chi connectivity index (χ0n) is 18.3. The third-order valence-electron chi connectivity index (χ3n) is 6.04. The maximum atomic E-state index is 12.9. The average molecular weight is 447 g/mol. The Morgan fingerprint density at radius 3 is 2.94 bits per heavy atom. The Labute approximate surface area is 190 Å². The minimum absolute atomic E-state index is 0.0262. The molecule has 2 amide bonds. The minimum atomic E-state index is -0.616. The number of pyridine rings is 2. The van der Waals surface area contributed by atoms with Gasteiger partial charge >= 0.3 is 0 Å². The lowest BCUT2D eigenvalue weighted by Gasteiger charge is -2.17. The molecule has 9 nitrogen and oxygen atoms in total. The molecule has 9 heteroatoms. The summed E-state index contributed by atoms with van der Waals surface area (Å²) in [6, 6.07) is 7.37. The average Bonchev–Trinajstić information content (AvgIpc) is 3.50. The molecule has 33 heavy (non-hydrogen) atoms. The summed E-state index contributed by atoms with van der Waals surface area (Å²) < 4.78 is 11.2. The maximum Gasteiger partial charge on any atom is 0.270 e. The maximum absolute atomic E-state index is 12.9. The molecule has 0 radical (unpaired) electrons. The minimum Gasteiger partial charge on any atom is -0.493 e. The lowest BCUT2D eigenvalue weighted by molar-refractivity contribution is 0.0853. The van der Waals surface area contributed by atoms with Crippen LogP contribution in [-0.2, 0) is 11.2 Å². The van der Waals surface area contributed by atoms with Gasteiger partial charge in [0.25, 0.3) is 11.8 Å². The smallest absolute Gasteiger partial charge is 0.270 e. The number of carbonyl (C=O) groups excluding carboxylic acids is 2. The van der Waals surface area contributed by atoms with E-state index in [4.69, 9.17) is 15.2 Å². The lowest BCUT2D eigenvalue weighted by atomic mass is 10.1. The van der Waals surface area contributed by atoms with Crippen molar-refractivity contribution in [1.29, 1.82) is 0 Å². The Balaban J connectivity index is 1.56. The first-order valence-electron chi connectivity index (χ1n) is 11.0. The van der Waals surface area contributed by atoms with Gasteiger partial charge in [-0.15, -0.1) is 0 Å². The second-order valence-corrected chi connectivity index (χ2v) is 8.25. The van der Waals surface area contributed by atoms with Crippen molar-refractivity contribution in [2.24, 2.45) is 5.73 Å². The molecule has 5 rings (SSSR count). The van der Waals surface area contributed by atoms with Crippen molar-refractivity contribution in [3.8, 4) is 5.75 Å². The monoisotopic (exact) mass is 447 g/mol. The molecule has 0 saturated carbocycles. The van der Waals surface area contributed by atoms with Crippen molar-refractivity contribution in [3.63, 3.8) is 0 Å². The Kier molecular flexibility index (Phi) is 5.55. The zero-order valence-corrected chi connectivity index (χ0v) is 18.3. The van der Waals surface area contributed by atoms with E-state index in [9.17, 15) is 9.59 Å². The number of amides is 2. The summed E-state index contributed by atoms with van der Waals surface area (Å²) in [5.41, 5.74) is 9.65. The van der Waals surface area contributed by atoms with Crippen molar-refractivity contribution < 1.29 is 19.1 Å². The van der Waals surface area contributed by atoms with Gasteiger partial charge in [-0.3, -0.25) is 14.6 Å². The number of nitrogens with zero attached hydrogens (tertiary/aromatic N) is 2. The van der Waals surface area contributed by atoms with Crippen LogP contribution in [0.25, 0.3) is 10.9 Å². The Morgan fingerprint density at radius 1 is 1.27 bits per heavy atom. The van der Waals surface area contributed by atoms with Crippen LogP contribution in [-0.4, -0.2) is 47.6 Å². The number of anilines is 2. The van der Waals surface area contributed by atoms with E-state index >= 15 is 0 Å². The SMILES string of the molecule is Cc1nc(C(=O)NC[C@@H]2CCCO2)cc2c(Nc3cccc4c3CCO4)c(C(N)=O)cnc12. The number of aryl methyl sites for hydroxylation is 1. The van der Waals surface area contributed by atoms with Crippen LogP contribution in [0.2, 0.25) is 0 Å². The summed E-state index contributed by atoms with van der Waals surface area (Å²) in [7, 11) is 0. The normalized spacial score (nSPS) is 16.9. The number of nitrogens with one attached hydrogen (secondary N) is 2. The molecule has 3 aromatic rings. The number of benzene rings is 1. The number of primary amides is 1. The van der Waals surface area contributed by atoms with E-state index in [2.05, 4.69) is 20.6 Å². The van der Waals surface area contributed by atoms with E-state index in [-0.39, 0.29) is 23.3 Å². The third-order valence-corrected chi connectivity index (χ3v) is 6.04. The van der Waals surface area contributed by atoms with E-state index in [1.165, 1.54) is 6.20 Å². The van der Waals surface area contributed by atoms with E-state index in [0.717, 1.165) is 42.9 Å². The first-order chi connectivity index (χ1) is 16.0. The molecule has 1 fully saturated rings. The number of nitrogens with two attached hydrogens (primary N) is 1. The van der Waals surface area contributed by atoms with Gasteiger partial charge in [-0.1, -0.05) is 6.07 Å². The van der Waals surface area contributed by atoms with Gasteiger partial charge in [0.1, 0.15) is 11.4 Å². The van der Waals surface area contributed by atoms with E-state index in [0.29, 0.717) is 35.4 Å². The van der Waals surface area contributed by atoms with Crippen molar-refractivity contribution in [1.82, 2.24) is 15.3 Å². The van der Waals surface area contributed by atoms with Crippen LogP contribution in [0.1, 0.15) is 44.9 Å². The van der Waals surface area contributed by atoms with Gasteiger partial charge in [0, 0.05) is 42.4 Å². The second-order valence-electron chi connectivity index (χ2n) is 8.25. The topological polar surface area (TPSA) is 128 Å². The van der Waals surface area contributed by atoms with Gasteiger partial charge in [-0.2, -0.15) is 0 Å². The quantitative estimate of drug-likeness (QED) is 0.530. The molecule has 0 aliphatic carbocycles. The summed E-state index contributed by atoms with van der Waals surface area (Å²) in [5, 5.41) is 6.86. The number of carbonyl (C=O) groups is 2. The Hall–Kier alpha value is -3.72. The molecule has 4 heterocycles. The van der Waals surface area contributed by atoms with Crippen molar-refractivity contribution in [2.75, 3.05) is 25.1 Å². The largest absolute Gasteiger partial charge is 0.493 e. The van der Waals surface area contributed by atoms with Gasteiger partial charge in [0.2, 0.25) is 0 Å². The Bertz CT molecular complexity index is 1250. The van der Waals surface area contributed by atoms with Crippen molar-refractivity contribution in [3.05, 3.63) is 53.0 Å². The molecule has 0 bridgehead atoms. The molecule has 0 spiro atoms. The number of rotatable bonds is 6. The number of aromatic nitrogens is 2. The molecule has 2 aliphatic rings. The van der Waals surface area contributed by atoms with Gasteiger partial charge in [0.05, 0.1) is 35.2 Å². The third kappa shape index (κ3) is 4.07. The van der Waals surface area contributed by atoms with Crippen LogP contribution < -0.4 is 21.1 Å². The summed E-state index contributed by atoms with van der Waals surface area (Å²) in [4.78, 5) is 34.0. The first-order valence-corrected chi connectivity index (χ1v) is 11.0. The standard InChI is InChI=1S/C24H25N5O4/c1-13-21-16(10-19(28-13)24(31)27-11-14-4-3-8-32-14)22(17(12-26-21)23(25)30)29-18-5-2-6-20-15(18)7-9-33-20/h2,5-6,10,12,14H,3-4,7-9,11H2,1H3,(H2,25,30)(H,26,29)(H,27,31)/t14-/m0/s1. The highest BCUT2D eigenvalue weighted by Gasteiger charge is 2.22. The van der Waals surface area contributed by atoms with Crippen LogP contribution in [0.3, 0.4) is 0 Å². The van der Waals surface area contributed by atoms with Crippen LogP contribution in [0.4, 0.5) is 11.4 Å². The summed E-state index contributed by atoms with van der Waals surface area (Å²) in [5.74, 6) is -0.111. The fraction of sp³-hybridized carbons (Fsp3) is 0.333. The summed E-state index contributed by atoms with van der Waals surface area (Å²) in [6.07, 6.45) is 4.15. The zero-order chi connectivity index (χ0) is 22.9. The fourth-order valence-electron chi connectivity index (χ4n) is 4.37. The number of hydrogen-bond donors (Lipinski definition) is 3. The molecule has 2 aliphatic heterocycles. The molecule has 2 aromatic heterocycles. The number of ether oxygens (including phenoxy) is 2. The highest BCUT2D eigenvalue weighted by molar-refractivity contribution is 6.09. The molecule has 1 atom stereocenters. The molecule has 170 valence electrons. The van der Waals surface area contributed by atoms with Crippen molar-refractivity contribution in [2.45, 2.75) is 32.3 Å². The Morgan fingerprint density at radius 2 is 2.15 bits per heavy atom. The molecule has 1 saturated heterocycles. The van der Waals surface area contributed by atoms with Gasteiger partial charge < -0.3 is 25.8 Å².